The van der Waals surface area contributed by atoms with Crippen LogP contribution < -0.4 is 0 Å². The molecule has 0 aromatic rings. The number of Topliss-reactive ketones (excluding diaryl/α,β-unsaturated/α-hetero) is 2. The molecule has 0 aliphatic rings. The van der Waals surface area contributed by atoms with Gasteiger partial charge in [-0.1, -0.05) is 54.0 Å². The summed E-state index contributed by atoms with van der Waals surface area (Å²) in [7, 11) is 0. The smallest absolute Gasteiger partial charge is 0.137 e. The summed E-state index contributed by atoms with van der Waals surface area (Å²) in [5, 5.41) is 0. The van der Waals surface area contributed by atoms with Gasteiger partial charge < -0.3 is 0 Å². The zero-order valence-electron chi connectivity index (χ0n) is 9.64. The van der Waals surface area contributed by atoms with Gasteiger partial charge in [0.15, 0.2) is 0 Å². The molecule has 112 valence electrons. The maximum atomic E-state index is 10.0. The number of ketones is 2. The topological polar surface area (TPSA) is 34.1 Å². The standard InChI is InChI=1S/C7H12.C5H8O2.4CH4/c1-6(2)5-7(3)4;1-4(6)3-5(2)7;;;;/h1,3,5H2,2,4H3;3H2,1-2H3;4*1H4. The van der Waals surface area contributed by atoms with E-state index in [0.717, 1.165) is 6.42 Å². The highest BCUT2D eigenvalue weighted by Crippen LogP contribution is 2.02. The third-order valence-corrected chi connectivity index (χ3v) is 1.10. The van der Waals surface area contributed by atoms with Gasteiger partial charge in [-0.25, -0.2) is 0 Å². The van der Waals surface area contributed by atoms with Crippen molar-refractivity contribution in [2.75, 3.05) is 0 Å². The lowest BCUT2D eigenvalue weighted by molar-refractivity contribution is -0.124. The fourth-order valence-electron chi connectivity index (χ4n) is 0.866. The van der Waals surface area contributed by atoms with Gasteiger partial charge in [-0.05, 0) is 34.1 Å². The van der Waals surface area contributed by atoms with Crippen LogP contribution in [0, 0.1) is 0 Å². The maximum Gasteiger partial charge on any atom is 0.137 e. The third kappa shape index (κ3) is 60.9. The van der Waals surface area contributed by atoms with Crippen molar-refractivity contribution in [1.82, 2.24) is 0 Å². The van der Waals surface area contributed by atoms with Crippen LogP contribution >= 0.6 is 0 Å². The molecule has 2 nitrogen and oxygen atoms in total. The predicted octanol–water partition coefficient (Wildman–Crippen LogP) is 5.63. The van der Waals surface area contributed by atoms with Crippen LogP contribution in [0.2, 0.25) is 0 Å². The molecule has 0 aromatic heterocycles. The van der Waals surface area contributed by atoms with Gasteiger partial charge in [-0.15, -0.1) is 0 Å². The van der Waals surface area contributed by atoms with Crippen molar-refractivity contribution in [3.8, 4) is 0 Å². The zero-order chi connectivity index (χ0) is 11.7. The Morgan fingerprint density at radius 1 is 0.667 bits per heavy atom. The van der Waals surface area contributed by atoms with Crippen molar-refractivity contribution in [2.24, 2.45) is 0 Å². The summed E-state index contributed by atoms with van der Waals surface area (Å²) in [6.07, 6.45) is 1.06. The molecule has 0 atom stereocenters. The number of hydrogen-bond donors (Lipinski definition) is 0. The van der Waals surface area contributed by atoms with E-state index >= 15 is 0 Å². The second-order valence-corrected chi connectivity index (χ2v) is 3.67. The van der Waals surface area contributed by atoms with Crippen LogP contribution in [0.1, 0.15) is 70.2 Å². The Morgan fingerprint density at radius 3 is 0.889 bits per heavy atom. The summed E-state index contributed by atoms with van der Waals surface area (Å²) in [6, 6.07) is 0. The minimum absolute atomic E-state index is 0. The first-order valence-corrected chi connectivity index (χ1v) is 4.53. The molecule has 0 saturated heterocycles. The van der Waals surface area contributed by atoms with Crippen LogP contribution in [0.25, 0.3) is 0 Å². The lowest BCUT2D eigenvalue weighted by atomic mass is 10.1. The Labute approximate surface area is 116 Å². The molecule has 0 N–H and O–H groups in total. The van der Waals surface area contributed by atoms with E-state index in [0.29, 0.717) is 0 Å². The molecule has 2 heteroatoms. The van der Waals surface area contributed by atoms with Gasteiger partial charge in [-0.3, -0.25) is 9.59 Å². The van der Waals surface area contributed by atoms with Gasteiger partial charge in [-0.2, -0.15) is 0 Å². The second kappa shape index (κ2) is 21.1. The Hall–Kier alpha value is -1.18. The van der Waals surface area contributed by atoms with Gasteiger partial charge in [0.2, 0.25) is 0 Å². The highest BCUT2D eigenvalue weighted by atomic mass is 16.1. The summed E-state index contributed by atoms with van der Waals surface area (Å²) in [4.78, 5) is 20.1. The summed E-state index contributed by atoms with van der Waals surface area (Å²) >= 11 is 0. The molecule has 0 spiro atoms. The van der Waals surface area contributed by atoms with Gasteiger partial charge in [0, 0.05) is 0 Å². The van der Waals surface area contributed by atoms with E-state index in [2.05, 4.69) is 13.2 Å². The van der Waals surface area contributed by atoms with E-state index in [1.165, 1.54) is 25.0 Å². The first kappa shape index (κ1) is 36.0. The molecule has 0 aliphatic heterocycles. The summed E-state index contributed by atoms with van der Waals surface area (Å²) in [6.45, 7) is 14.3. The fourth-order valence-corrected chi connectivity index (χ4v) is 0.866. The van der Waals surface area contributed by atoms with Crippen LogP contribution in [0.15, 0.2) is 24.3 Å². The first-order chi connectivity index (χ1) is 6.25. The molecule has 18 heavy (non-hydrogen) atoms. The summed E-state index contributed by atoms with van der Waals surface area (Å²) < 4.78 is 0. The summed E-state index contributed by atoms with van der Waals surface area (Å²) in [5.41, 5.74) is 2.38. The normalized spacial score (nSPS) is 6.44. The molecule has 0 saturated carbocycles. The monoisotopic (exact) mass is 260 g/mol. The van der Waals surface area contributed by atoms with E-state index < -0.39 is 0 Å². The molecule has 0 fully saturated rings. The number of carbonyl (C=O) groups excluding carboxylic acids is 2. The van der Waals surface area contributed by atoms with Crippen LogP contribution in [0.5, 0.6) is 0 Å². The van der Waals surface area contributed by atoms with Crippen molar-refractivity contribution < 1.29 is 9.59 Å². The quantitative estimate of drug-likeness (QED) is 0.485. The van der Waals surface area contributed by atoms with Crippen LogP contribution in [0.3, 0.4) is 0 Å². The zero-order valence-corrected chi connectivity index (χ0v) is 9.64. The number of carbonyl (C=O) groups is 2. The van der Waals surface area contributed by atoms with Crippen LogP contribution in [-0.2, 0) is 9.59 Å². The van der Waals surface area contributed by atoms with Crippen molar-refractivity contribution in [1.29, 1.82) is 0 Å². The molecule has 0 unspecified atom stereocenters. The highest BCUT2D eigenvalue weighted by Gasteiger charge is 1.94. The number of hydrogen-bond acceptors (Lipinski definition) is 2. The molecular weight excluding hydrogens is 224 g/mol. The number of rotatable bonds is 4. The van der Waals surface area contributed by atoms with E-state index in [-0.39, 0.29) is 47.7 Å². The van der Waals surface area contributed by atoms with Crippen molar-refractivity contribution in [3.05, 3.63) is 24.3 Å². The average Bonchev–Trinajstić information content (AvgIpc) is 1.79. The Morgan fingerprint density at radius 2 is 0.889 bits per heavy atom. The second-order valence-electron chi connectivity index (χ2n) is 3.67. The SMILES string of the molecule is C.C.C.C.C=C(C)CC(=C)C.CC(=O)CC(C)=O. The first-order valence-electron chi connectivity index (χ1n) is 4.53. The van der Waals surface area contributed by atoms with Gasteiger partial charge in [0.1, 0.15) is 11.6 Å². The molecular formula is C16H36O2. The Kier molecular flexibility index (Phi) is 42.2. The molecule has 0 rings (SSSR count). The molecule has 0 heterocycles. The lowest BCUT2D eigenvalue weighted by Gasteiger charge is -1.93. The van der Waals surface area contributed by atoms with E-state index in [1.807, 2.05) is 13.8 Å². The van der Waals surface area contributed by atoms with Crippen LogP contribution in [0.4, 0.5) is 0 Å². The molecule has 0 radical (unpaired) electrons. The van der Waals surface area contributed by atoms with Gasteiger partial charge >= 0.3 is 0 Å². The molecule has 0 aromatic carbocycles. The minimum Gasteiger partial charge on any atom is -0.300 e. The number of allylic oxidation sites excluding steroid dienone is 2. The maximum absolute atomic E-state index is 10.0. The largest absolute Gasteiger partial charge is 0.300 e. The fraction of sp³-hybridized carbons (Fsp3) is 0.625. The van der Waals surface area contributed by atoms with Crippen molar-refractivity contribution in [2.45, 2.75) is 70.2 Å². The summed E-state index contributed by atoms with van der Waals surface area (Å²) in [5.74, 6) is -0.125. The van der Waals surface area contributed by atoms with E-state index in [4.69, 9.17) is 0 Å². The van der Waals surface area contributed by atoms with Crippen molar-refractivity contribution >= 4 is 11.6 Å². The Bertz CT molecular complexity index is 187. The van der Waals surface area contributed by atoms with Crippen molar-refractivity contribution in [3.63, 3.8) is 0 Å². The molecule has 0 bridgehead atoms. The molecule has 0 aliphatic carbocycles. The Balaban J connectivity index is -0.0000000327. The predicted molar refractivity (Wildman–Crippen MR) is 87.1 cm³/mol. The average molecular weight is 260 g/mol. The van der Waals surface area contributed by atoms with E-state index in [1.54, 1.807) is 0 Å². The van der Waals surface area contributed by atoms with E-state index in [9.17, 15) is 9.59 Å². The highest BCUT2D eigenvalue weighted by molar-refractivity contribution is 5.96. The molecule has 0 amide bonds. The van der Waals surface area contributed by atoms with Crippen LogP contribution in [-0.4, -0.2) is 11.6 Å². The minimum atomic E-state index is -0.0625. The third-order valence-electron chi connectivity index (χ3n) is 1.10. The lowest BCUT2D eigenvalue weighted by Crippen LogP contribution is -1.97. The van der Waals surface area contributed by atoms with Gasteiger partial charge in [0.05, 0.1) is 6.42 Å². The van der Waals surface area contributed by atoms with Gasteiger partial charge in [0.25, 0.3) is 0 Å².